The van der Waals surface area contributed by atoms with Crippen LogP contribution in [0.25, 0.3) is 5.57 Å². The molecule has 1 N–H and O–H groups in total. The average Bonchev–Trinajstić information content (AvgIpc) is 2.95. The number of hydrogen-bond acceptors (Lipinski definition) is 4. The van der Waals surface area contributed by atoms with Crippen LogP contribution in [-0.2, 0) is 16.1 Å². The Hall–Kier alpha value is -3.73. The second-order valence-corrected chi connectivity index (χ2v) is 7.60. The van der Waals surface area contributed by atoms with Crippen molar-refractivity contribution in [3.8, 4) is 0 Å². The number of nitrogens with zero attached hydrogens (tertiary/aromatic N) is 2. The Morgan fingerprint density at radius 3 is 2.33 bits per heavy atom. The van der Waals surface area contributed by atoms with E-state index in [4.69, 9.17) is 0 Å². The Kier molecular flexibility index (Phi) is 5.19. The zero-order chi connectivity index (χ0) is 21.3. The average molecular weight is 397 g/mol. The molecule has 0 saturated heterocycles. The number of imide groups is 1. The van der Waals surface area contributed by atoms with Crippen LogP contribution in [0, 0.1) is 20.8 Å². The number of carbonyl (C=O) groups excluding carboxylic acids is 2. The fourth-order valence-corrected chi connectivity index (χ4v) is 3.54. The van der Waals surface area contributed by atoms with Crippen molar-refractivity contribution >= 4 is 23.1 Å². The Morgan fingerprint density at radius 2 is 1.63 bits per heavy atom. The van der Waals surface area contributed by atoms with Crippen LogP contribution in [0.2, 0.25) is 0 Å². The van der Waals surface area contributed by atoms with Crippen molar-refractivity contribution in [3.05, 3.63) is 101 Å². The van der Waals surface area contributed by atoms with Crippen molar-refractivity contribution in [3.63, 3.8) is 0 Å². The highest BCUT2D eigenvalue weighted by atomic mass is 16.2. The topological polar surface area (TPSA) is 62.3 Å². The molecule has 1 aliphatic heterocycles. The lowest BCUT2D eigenvalue weighted by Gasteiger charge is -2.15. The first-order valence-electron chi connectivity index (χ1n) is 9.85. The van der Waals surface area contributed by atoms with Crippen LogP contribution in [-0.4, -0.2) is 21.7 Å². The van der Waals surface area contributed by atoms with Crippen molar-refractivity contribution in [2.75, 3.05) is 5.32 Å². The summed E-state index contributed by atoms with van der Waals surface area (Å²) in [5.74, 6) is -0.623. The smallest absolute Gasteiger partial charge is 0.278 e. The second-order valence-electron chi connectivity index (χ2n) is 7.60. The number of rotatable bonds is 5. The van der Waals surface area contributed by atoms with Crippen molar-refractivity contribution in [2.24, 2.45) is 0 Å². The molecule has 0 radical (unpaired) electrons. The molecule has 5 heteroatoms. The van der Waals surface area contributed by atoms with Gasteiger partial charge in [-0.05, 0) is 72.9 Å². The van der Waals surface area contributed by atoms with Gasteiger partial charge in [-0.3, -0.25) is 19.5 Å². The van der Waals surface area contributed by atoms with Crippen molar-refractivity contribution in [1.82, 2.24) is 9.88 Å². The number of aromatic nitrogens is 1. The van der Waals surface area contributed by atoms with Gasteiger partial charge in [0.05, 0.1) is 12.1 Å². The van der Waals surface area contributed by atoms with E-state index in [0.29, 0.717) is 11.3 Å². The molecule has 1 aromatic heterocycles. The van der Waals surface area contributed by atoms with E-state index in [9.17, 15) is 9.59 Å². The lowest BCUT2D eigenvalue weighted by atomic mass is 9.99. The normalized spacial score (nSPS) is 13.9. The maximum Gasteiger partial charge on any atom is 0.278 e. The molecule has 5 nitrogen and oxygen atoms in total. The van der Waals surface area contributed by atoms with Crippen molar-refractivity contribution in [2.45, 2.75) is 27.3 Å². The fraction of sp³-hybridized carbons (Fsp3) is 0.160. The van der Waals surface area contributed by atoms with Gasteiger partial charge in [0, 0.05) is 18.1 Å². The summed E-state index contributed by atoms with van der Waals surface area (Å²) < 4.78 is 0. The summed E-state index contributed by atoms with van der Waals surface area (Å²) >= 11 is 0. The van der Waals surface area contributed by atoms with E-state index in [2.05, 4.69) is 10.3 Å². The van der Waals surface area contributed by atoms with Gasteiger partial charge in [-0.15, -0.1) is 0 Å². The van der Waals surface area contributed by atoms with E-state index < -0.39 is 0 Å². The summed E-state index contributed by atoms with van der Waals surface area (Å²) in [4.78, 5) is 32.0. The highest BCUT2D eigenvalue weighted by Gasteiger charge is 2.39. The molecule has 0 fully saturated rings. The first kappa shape index (κ1) is 19.6. The number of nitrogens with one attached hydrogen (secondary N) is 1. The minimum absolute atomic E-state index is 0.202. The Bertz CT molecular complexity index is 1170. The number of pyridine rings is 1. The van der Waals surface area contributed by atoms with Crippen LogP contribution >= 0.6 is 0 Å². The van der Waals surface area contributed by atoms with Gasteiger partial charge in [-0.2, -0.15) is 0 Å². The lowest BCUT2D eigenvalue weighted by Crippen LogP contribution is -2.32. The molecule has 0 saturated carbocycles. The molecular weight excluding hydrogens is 374 g/mol. The first-order chi connectivity index (χ1) is 14.4. The third kappa shape index (κ3) is 3.74. The van der Waals surface area contributed by atoms with Gasteiger partial charge < -0.3 is 5.32 Å². The van der Waals surface area contributed by atoms with Crippen LogP contribution < -0.4 is 5.32 Å². The predicted molar refractivity (Wildman–Crippen MR) is 117 cm³/mol. The van der Waals surface area contributed by atoms with Crippen LogP contribution in [0.15, 0.2) is 72.7 Å². The van der Waals surface area contributed by atoms with E-state index in [0.717, 1.165) is 33.5 Å². The molecule has 2 heterocycles. The third-order valence-corrected chi connectivity index (χ3v) is 5.34. The van der Waals surface area contributed by atoms with E-state index in [-0.39, 0.29) is 18.4 Å². The first-order valence-corrected chi connectivity index (χ1v) is 9.85. The summed E-state index contributed by atoms with van der Waals surface area (Å²) in [5, 5.41) is 3.22. The summed E-state index contributed by atoms with van der Waals surface area (Å²) in [6.07, 6.45) is 3.31. The molecule has 1 aliphatic rings. The Balaban J connectivity index is 1.77. The SMILES string of the molecule is Cc1cccc(NC2=C(c3ccc(C)c(C)c3)C(=O)N(Cc3ccncc3)C2=O)c1. The highest BCUT2D eigenvalue weighted by Crippen LogP contribution is 2.32. The summed E-state index contributed by atoms with van der Waals surface area (Å²) in [7, 11) is 0. The number of benzene rings is 2. The van der Waals surface area contributed by atoms with Gasteiger partial charge in [-0.25, -0.2) is 0 Å². The molecule has 0 aliphatic carbocycles. The number of hydrogen-bond donors (Lipinski definition) is 1. The molecule has 2 aromatic carbocycles. The zero-order valence-electron chi connectivity index (χ0n) is 17.3. The standard InChI is InChI=1S/C25H23N3O2/c1-16-5-4-6-21(13-16)27-23-22(20-8-7-17(2)18(3)14-20)24(29)28(25(23)30)15-19-9-11-26-12-10-19/h4-14,27H,15H2,1-3H3. The minimum atomic E-state index is -0.327. The van der Waals surface area contributed by atoms with E-state index in [1.54, 1.807) is 12.4 Å². The van der Waals surface area contributed by atoms with Crippen molar-refractivity contribution < 1.29 is 9.59 Å². The molecule has 4 rings (SSSR count). The second kappa shape index (κ2) is 7.95. The van der Waals surface area contributed by atoms with E-state index in [1.807, 2.05) is 75.4 Å². The van der Waals surface area contributed by atoms with Crippen LogP contribution in [0.5, 0.6) is 0 Å². The van der Waals surface area contributed by atoms with Gasteiger partial charge in [0.2, 0.25) is 0 Å². The van der Waals surface area contributed by atoms with Gasteiger partial charge in [-0.1, -0.05) is 30.3 Å². The minimum Gasteiger partial charge on any atom is -0.350 e. The van der Waals surface area contributed by atoms with Crippen LogP contribution in [0.4, 0.5) is 5.69 Å². The zero-order valence-corrected chi connectivity index (χ0v) is 17.3. The number of anilines is 1. The Morgan fingerprint density at radius 1 is 0.867 bits per heavy atom. The third-order valence-electron chi connectivity index (χ3n) is 5.34. The molecule has 150 valence electrons. The molecule has 0 atom stereocenters. The fourth-order valence-electron chi connectivity index (χ4n) is 3.54. The van der Waals surface area contributed by atoms with Gasteiger partial charge >= 0.3 is 0 Å². The summed E-state index contributed by atoms with van der Waals surface area (Å²) in [6.45, 7) is 6.22. The largest absolute Gasteiger partial charge is 0.350 e. The Labute approximate surface area is 176 Å². The molecule has 30 heavy (non-hydrogen) atoms. The lowest BCUT2D eigenvalue weighted by molar-refractivity contribution is -0.137. The van der Waals surface area contributed by atoms with Gasteiger partial charge in [0.15, 0.2) is 0 Å². The number of aryl methyl sites for hydroxylation is 3. The highest BCUT2D eigenvalue weighted by molar-refractivity contribution is 6.36. The monoisotopic (exact) mass is 397 g/mol. The summed E-state index contributed by atoms with van der Waals surface area (Å²) in [6, 6.07) is 17.2. The maximum atomic E-state index is 13.4. The molecule has 0 bridgehead atoms. The molecule has 3 aromatic rings. The maximum absolute atomic E-state index is 13.4. The number of carbonyl (C=O) groups is 2. The molecule has 2 amide bonds. The van der Waals surface area contributed by atoms with E-state index in [1.165, 1.54) is 4.90 Å². The molecule has 0 unspecified atom stereocenters. The van der Waals surface area contributed by atoms with Crippen LogP contribution in [0.1, 0.15) is 27.8 Å². The molecular formula is C25H23N3O2. The van der Waals surface area contributed by atoms with Crippen LogP contribution in [0.3, 0.4) is 0 Å². The summed E-state index contributed by atoms with van der Waals surface area (Å²) in [5.41, 5.74) is 6.35. The molecule has 0 spiro atoms. The van der Waals surface area contributed by atoms with Crippen molar-refractivity contribution in [1.29, 1.82) is 0 Å². The quantitative estimate of drug-likeness (QED) is 0.648. The van der Waals surface area contributed by atoms with Gasteiger partial charge in [0.25, 0.3) is 11.8 Å². The van der Waals surface area contributed by atoms with Gasteiger partial charge in [0.1, 0.15) is 5.70 Å². The van der Waals surface area contributed by atoms with E-state index >= 15 is 0 Å². The number of amides is 2. The predicted octanol–water partition coefficient (Wildman–Crippen LogP) is 4.40.